The highest BCUT2D eigenvalue weighted by Crippen LogP contribution is 1.95. The van der Waals surface area contributed by atoms with Crippen LogP contribution in [0.15, 0.2) is 11.6 Å². The van der Waals surface area contributed by atoms with Gasteiger partial charge in [0.05, 0.1) is 0 Å². The molecule has 10 heavy (non-hydrogen) atoms. The monoisotopic (exact) mass is 140 g/mol. The smallest absolute Gasteiger partial charge is 0.302 e. The van der Waals surface area contributed by atoms with E-state index in [-0.39, 0.29) is 5.97 Å². The van der Waals surface area contributed by atoms with Crippen molar-refractivity contribution in [1.29, 1.82) is 0 Å². The maximum Gasteiger partial charge on any atom is 0.302 e. The molecule has 0 fully saturated rings. The number of hydrogen-bond acceptors (Lipinski definition) is 2. The van der Waals surface area contributed by atoms with Gasteiger partial charge in [-0.2, -0.15) is 0 Å². The summed E-state index contributed by atoms with van der Waals surface area (Å²) in [6, 6.07) is 0. The van der Waals surface area contributed by atoms with Crippen LogP contribution in [0.1, 0.15) is 13.8 Å². The van der Waals surface area contributed by atoms with Gasteiger partial charge in [-0.1, -0.05) is 11.9 Å². The molecule has 0 aromatic heterocycles. The molecule has 0 saturated carbocycles. The highest BCUT2D eigenvalue weighted by Gasteiger charge is 1.88. The number of rotatable bonds is 3. The van der Waals surface area contributed by atoms with E-state index in [9.17, 15) is 4.79 Å². The fourth-order valence-corrected chi connectivity index (χ4v) is 0.446. The number of carbonyl (C=O) groups is 1. The van der Waals surface area contributed by atoms with Crippen LogP contribution in [0.25, 0.3) is 0 Å². The molecule has 0 amide bonds. The normalized spacial score (nSPS) is 11.2. The van der Waals surface area contributed by atoms with Crippen molar-refractivity contribution in [1.82, 2.24) is 0 Å². The Labute approximate surface area is 62.7 Å². The molecule has 0 aliphatic rings. The van der Waals surface area contributed by atoms with Crippen LogP contribution < -0.4 is 0 Å². The van der Waals surface area contributed by atoms with Gasteiger partial charge in [-0.05, 0) is 13.0 Å². The van der Waals surface area contributed by atoms with Gasteiger partial charge >= 0.3 is 5.97 Å². The van der Waals surface area contributed by atoms with Crippen LogP contribution in [0.3, 0.4) is 0 Å². The standard InChI is InChI=1S/C7H13BO2/c1-6(5-8)3-4-10-7(2)9/h3H,4-5,8H2,1-2H3/b6-3+. The van der Waals surface area contributed by atoms with Crippen molar-refractivity contribution in [2.24, 2.45) is 0 Å². The zero-order chi connectivity index (χ0) is 7.98. The second kappa shape index (κ2) is 5.09. The molecular weight excluding hydrogens is 127 g/mol. The molecule has 3 heteroatoms. The third-order valence-electron chi connectivity index (χ3n) is 1.28. The Hall–Kier alpha value is -0.725. The minimum absolute atomic E-state index is 0.222. The van der Waals surface area contributed by atoms with Gasteiger partial charge in [0.25, 0.3) is 0 Å². The molecule has 0 aromatic rings. The molecule has 0 unspecified atom stereocenters. The Bertz CT molecular complexity index is 141. The van der Waals surface area contributed by atoms with Gasteiger partial charge < -0.3 is 4.74 Å². The van der Waals surface area contributed by atoms with E-state index in [0.717, 1.165) is 6.32 Å². The predicted octanol–water partition coefficient (Wildman–Crippen LogP) is 0.547. The van der Waals surface area contributed by atoms with Gasteiger partial charge in [0.2, 0.25) is 0 Å². The van der Waals surface area contributed by atoms with E-state index in [2.05, 4.69) is 7.85 Å². The Kier molecular flexibility index (Phi) is 4.72. The van der Waals surface area contributed by atoms with E-state index in [1.165, 1.54) is 12.5 Å². The van der Waals surface area contributed by atoms with Crippen molar-refractivity contribution < 1.29 is 9.53 Å². The number of allylic oxidation sites excluding steroid dienone is 1. The molecule has 0 aliphatic carbocycles. The molecule has 2 nitrogen and oxygen atoms in total. The molecule has 0 rings (SSSR count). The number of hydrogen-bond donors (Lipinski definition) is 0. The molecule has 0 aliphatic heterocycles. The lowest BCUT2D eigenvalue weighted by molar-refractivity contribution is -0.139. The number of carbonyl (C=O) groups excluding carboxylic acids is 1. The van der Waals surface area contributed by atoms with Gasteiger partial charge in [0, 0.05) is 6.92 Å². The Morgan fingerprint density at radius 2 is 2.20 bits per heavy atom. The largest absolute Gasteiger partial charge is 0.462 e. The number of ether oxygens (including phenoxy) is 1. The summed E-state index contributed by atoms with van der Waals surface area (Å²) in [7, 11) is 2.07. The maximum atomic E-state index is 10.3. The topological polar surface area (TPSA) is 26.3 Å². The molecule has 0 heterocycles. The molecule has 56 valence electrons. The minimum Gasteiger partial charge on any atom is -0.462 e. The second-order valence-electron chi connectivity index (χ2n) is 2.21. The first kappa shape index (κ1) is 9.27. The van der Waals surface area contributed by atoms with Gasteiger partial charge in [0.1, 0.15) is 14.5 Å². The average Bonchev–Trinajstić information content (AvgIpc) is 1.87. The molecule has 0 N–H and O–H groups in total. The van der Waals surface area contributed by atoms with Gasteiger partial charge in [-0.3, -0.25) is 4.79 Å². The van der Waals surface area contributed by atoms with Crippen LogP contribution in [0.4, 0.5) is 0 Å². The quantitative estimate of drug-likeness (QED) is 0.325. The summed E-state index contributed by atoms with van der Waals surface area (Å²) in [4.78, 5) is 10.3. The Morgan fingerprint density at radius 1 is 1.60 bits per heavy atom. The molecule has 0 spiro atoms. The van der Waals surface area contributed by atoms with Crippen LogP contribution in [-0.2, 0) is 9.53 Å². The fraction of sp³-hybridized carbons (Fsp3) is 0.571. The molecule has 0 atom stereocenters. The highest BCUT2D eigenvalue weighted by atomic mass is 16.5. The van der Waals surface area contributed by atoms with Crippen molar-refractivity contribution in [3.05, 3.63) is 11.6 Å². The van der Waals surface area contributed by atoms with E-state index < -0.39 is 0 Å². The molecule has 0 radical (unpaired) electrons. The summed E-state index contributed by atoms with van der Waals surface area (Å²) in [6.07, 6.45) is 2.93. The zero-order valence-electron chi connectivity index (χ0n) is 6.81. The predicted molar refractivity (Wildman–Crippen MR) is 43.7 cm³/mol. The second-order valence-corrected chi connectivity index (χ2v) is 2.21. The maximum absolute atomic E-state index is 10.3. The van der Waals surface area contributed by atoms with Crippen molar-refractivity contribution in [2.45, 2.75) is 20.2 Å². The van der Waals surface area contributed by atoms with Crippen LogP contribution in [-0.4, -0.2) is 20.4 Å². The van der Waals surface area contributed by atoms with E-state index >= 15 is 0 Å². The van der Waals surface area contributed by atoms with E-state index in [1.807, 2.05) is 13.0 Å². The van der Waals surface area contributed by atoms with E-state index in [1.54, 1.807) is 0 Å². The van der Waals surface area contributed by atoms with Crippen molar-refractivity contribution >= 4 is 13.8 Å². The Balaban J connectivity index is 3.43. The van der Waals surface area contributed by atoms with Crippen LogP contribution in [0.2, 0.25) is 6.32 Å². The van der Waals surface area contributed by atoms with Crippen LogP contribution in [0.5, 0.6) is 0 Å². The summed E-state index contributed by atoms with van der Waals surface area (Å²) >= 11 is 0. The minimum atomic E-state index is -0.222. The third-order valence-corrected chi connectivity index (χ3v) is 1.28. The SMILES string of the molecule is BC/C(C)=C/COC(C)=O. The molecule has 0 bridgehead atoms. The third kappa shape index (κ3) is 5.41. The van der Waals surface area contributed by atoms with Crippen LogP contribution >= 0.6 is 0 Å². The van der Waals surface area contributed by atoms with Gasteiger partial charge in [-0.15, -0.1) is 0 Å². The van der Waals surface area contributed by atoms with E-state index in [4.69, 9.17) is 4.74 Å². The highest BCUT2D eigenvalue weighted by molar-refractivity contribution is 6.10. The average molecular weight is 140 g/mol. The van der Waals surface area contributed by atoms with Gasteiger partial charge in [-0.25, -0.2) is 0 Å². The lowest BCUT2D eigenvalue weighted by atomic mass is 9.98. The first-order valence-corrected chi connectivity index (χ1v) is 3.45. The number of esters is 1. The van der Waals surface area contributed by atoms with Crippen molar-refractivity contribution in [3.8, 4) is 0 Å². The molecule has 0 aromatic carbocycles. The molecule has 0 saturated heterocycles. The zero-order valence-corrected chi connectivity index (χ0v) is 6.81. The summed E-state index contributed by atoms with van der Waals surface area (Å²) in [5, 5.41) is 0. The van der Waals surface area contributed by atoms with Crippen molar-refractivity contribution in [2.75, 3.05) is 6.61 Å². The lowest BCUT2D eigenvalue weighted by Crippen LogP contribution is -1.98. The first-order chi connectivity index (χ1) is 4.66. The van der Waals surface area contributed by atoms with Gasteiger partial charge in [0.15, 0.2) is 0 Å². The van der Waals surface area contributed by atoms with Crippen molar-refractivity contribution in [3.63, 3.8) is 0 Å². The summed E-state index contributed by atoms with van der Waals surface area (Å²) in [5.74, 6) is -0.222. The fourth-order valence-electron chi connectivity index (χ4n) is 0.446. The summed E-state index contributed by atoms with van der Waals surface area (Å²) in [5.41, 5.74) is 1.25. The van der Waals surface area contributed by atoms with Crippen LogP contribution in [0, 0.1) is 0 Å². The summed E-state index contributed by atoms with van der Waals surface area (Å²) < 4.78 is 4.70. The lowest BCUT2D eigenvalue weighted by Gasteiger charge is -1.96. The van der Waals surface area contributed by atoms with E-state index in [0.29, 0.717) is 6.61 Å². The molecular formula is C7H13BO2. The Morgan fingerprint density at radius 3 is 2.60 bits per heavy atom. The summed E-state index contributed by atoms with van der Waals surface area (Å²) in [6.45, 7) is 3.84. The first-order valence-electron chi connectivity index (χ1n) is 3.45.